The number of nitrogens with two attached hydrogens (primary N) is 1. The highest BCUT2D eigenvalue weighted by Crippen LogP contribution is 2.15. The van der Waals surface area contributed by atoms with Gasteiger partial charge in [0.05, 0.1) is 12.6 Å². The van der Waals surface area contributed by atoms with Gasteiger partial charge >= 0.3 is 0 Å². The van der Waals surface area contributed by atoms with Crippen molar-refractivity contribution >= 4 is 35.6 Å². The van der Waals surface area contributed by atoms with Crippen molar-refractivity contribution in [1.82, 2.24) is 0 Å². The van der Waals surface area contributed by atoms with Gasteiger partial charge in [0, 0.05) is 5.69 Å². The number of aliphatic hydroxyl groups is 1. The van der Waals surface area contributed by atoms with E-state index < -0.39 is 6.10 Å². The van der Waals surface area contributed by atoms with Gasteiger partial charge in [0.2, 0.25) is 0 Å². The second kappa shape index (κ2) is 8.88. The van der Waals surface area contributed by atoms with E-state index in [1.807, 2.05) is 49.4 Å². The van der Waals surface area contributed by atoms with E-state index >= 15 is 0 Å². The number of nitrogens with zero attached hydrogens (tertiary/aromatic N) is 1. The number of benzene rings is 2. The Morgan fingerprint density at radius 1 is 1.09 bits per heavy atom. The number of halogens is 1. The molecule has 0 bridgehead atoms. The zero-order valence-corrected chi connectivity index (χ0v) is 16.0. The zero-order valence-electron chi connectivity index (χ0n) is 13.7. The molecule has 124 valence electrons. The highest BCUT2D eigenvalue weighted by molar-refractivity contribution is 14.0. The van der Waals surface area contributed by atoms with Crippen LogP contribution in [0.25, 0.3) is 0 Å². The van der Waals surface area contributed by atoms with Gasteiger partial charge in [-0.05, 0) is 49.6 Å². The molecule has 0 heterocycles. The van der Waals surface area contributed by atoms with E-state index in [2.05, 4.69) is 24.2 Å². The number of aliphatic imine (C=N–C) groups is 1. The maximum absolute atomic E-state index is 10.1. The van der Waals surface area contributed by atoms with Crippen LogP contribution in [0.15, 0.2) is 47.5 Å². The Bertz CT molecular complexity index is 668. The predicted octanol–water partition coefficient (Wildman–Crippen LogP) is 3.69. The fourth-order valence-electron chi connectivity index (χ4n) is 2.09. The van der Waals surface area contributed by atoms with Crippen molar-refractivity contribution < 1.29 is 5.11 Å². The summed E-state index contributed by atoms with van der Waals surface area (Å²) in [5, 5.41) is 13.2. The lowest BCUT2D eigenvalue weighted by Crippen LogP contribution is -2.23. The van der Waals surface area contributed by atoms with Crippen LogP contribution < -0.4 is 11.1 Å². The average Bonchev–Trinajstić information content (AvgIpc) is 2.49. The molecule has 0 saturated carbocycles. The number of nitrogens with one attached hydrogen (secondary N) is 1. The molecule has 2 aromatic carbocycles. The van der Waals surface area contributed by atoms with Crippen molar-refractivity contribution in [3.05, 3.63) is 64.7 Å². The van der Waals surface area contributed by atoms with E-state index in [9.17, 15) is 5.11 Å². The SMILES string of the molecule is Cc1ccc(C(O)CN=C(N)Nc2ccc(C)c(C)c2)cc1.I. The third-order valence-corrected chi connectivity index (χ3v) is 3.68. The molecule has 0 spiro atoms. The van der Waals surface area contributed by atoms with E-state index in [0.29, 0.717) is 5.96 Å². The first-order valence-corrected chi connectivity index (χ1v) is 7.34. The number of rotatable bonds is 4. The maximum atomic E-state index is 10.1. The van der Waals surface area contributed by atoms with Gasteiger partial charge in [-0.25, -0.2) is 0 Å². The minimum absolute atomic E-state index is 0. The number of aliphatic hydroxyl groups excluding tert-OH is 1. The zero-order chi connectivity index (χ0) is 16.1. The van der Waals surface area contributed by atoms with Crippen LogP contribution in [0.5, 0.6) is 0 Å². The van der Waals surface area contributed by atoms with Gasteiger partial charge in [0.15, 0.2) is 5.96 Å². The van der Waals surface area contributed by atoms with Crippen LogP contribution in [0.1, 0.15) is 28.4 Å². The van der Waals surface area contributed by atoms with E-state index in [-0.39, 0.29) is 30.5 Å². The summed E-state index contributed by atoms with van der Waals surface area (Å²) in [5.41, 5.74) is 11.2. The molecule has 4 nitrogen and oxygen atoms in total. The molecule has 23 heavy (non-hydrogen) atoms. The number of hydrogen-bond acceptors (Lipinski definition) is 2. The number of aryl methyl sites for hydroxylation is 3. The lowest BCUT2D eigenvalue weighted by atomic mass is 10.1. The topological polar surface area (TPSA) is 70.6 Å². The van der Waals surface area contributed by atoms with Crippen molar-refractivity contribution in [1.29, 1.82) is 0 Å². The van der Waals surface area contributed by atoms with Gasteiger partial charge in [-0.2, -0.15) is 0 Å². The summed E-state index contributed by atoms with van der Waals surface area (Å²) in [7, 11) is 0. The molecular formula is C18H24IN3O. The number of guanidine groups is 1. The Morgan fingerprint density at radius 3 is 2.35 bits per heavy atom. The lowest BCUT2D eigenvalue weighted by Gasteiger charge is -2.11. The quantitative estimate of drug-likeness (QED) is 0.398. The third kappa shape index (κ3) is 5.84. The second-order valence-electron chi connectivity index (χ2n) is 5.58. The Kier molecular flexibility index (Phi) is 7.51. The van der Waals surface area contributed by atoms with Crippen molar-refractivity contribution in [2.45, 2.75) is 26.9 Å². The minimum Gasteiger partial charge on any atom is -0.386 e. The summed E-state index contributed by atoms with van der Waals surface area (Å²) in [6, 6.07) is 13.8. The van der Waals surface area contributed by atoms with Gasteiger partial charge in [-0.15, -0.1) is 24.0 Å². The fraction of sp³-hybridized carbons (Fsp3) is 0.278. The van der Waals surface area contributed by atoms with Gasteiger partial charge in [-0.1, -0.05) is 35.9 Å². The molecule has 0 saturated heterocycles. The number of anilines is 1. The standard InChI is InChI=1S/C18H23N3O.HI/c1-12-4-7-15(8-5-12)17(22)11-20-18(19)21-16-9-6-13(2)14(3)10-16;/h4-10,17,22H,11H2,1-3H3,(H3,19,20,21);1H. The van der Waals surface area contributed by atoms with Crippen molar-refractivity contribution in [2.24, 2.45) is 10.7 Å². The van der Waals surface area contributed by atoms with E-state index in [1.165, 1.54) is 11.1 Å². The molecule has 2 rings (SSSR count). The fourth-order valence-corrected chi connectivity index (χ4v) is 2.09. The monoisotopic (exact) mass is 425 g/mol. The Labute approximate surface area is 154 Å². The molecule has 1 atom stereocenters. The molecule has 0 aliphatic carbocycles. The highest BCUT2D eigenvalue weighted by atomic mass is 127. The van der Waals surface area contributed by atoms with E-state index in [4.69, 9.17) is 5.73 Å². The van der Waals surface area contributed by atoms with Crippen LogP contribution in [0.4, 0.5) is 5.69 Å². The van der Waals surface area contributed by atoms with E-state index in [0.717, 1.165) is 16.8 Å². The molecule has 0 amide bonds. The summed E-state index contributed by atoms with van der Waals surface area (Å²) in [6.07, 6.45) is -0.652. The summed E-state index contributed by atoms with van der Waals surface area (Å²) < 4.78 is 0. The van der Waals surface area contributed by atoms with E-state index in [1.54, 1.807) is 0 Å². The second-order valence-corrected chi connectivity index (χ2v) is 5.58. The molecule has 5 heteroatoms. The molecule has 0 fully saturated rings. The molecular weight excluding hydrogens is 401 g/mol. The summed E-state index contributed by atoms with van der Waals surface area (Å²) in [5.74, 6) is 0.300. The third-order valence-electron chi connectivity index (χ3n) is 3.68. The molecule has 0 aliphatic heterocycles. The van der Waals surface area contributed by atoms with Crippen molar-refractivity contribution in [3.63, 3.8) is 0 Å². The number of hydrogen-bond donors (Lipinski definition) is 3. The summed E-state index contributed by atoms with van der Waals surface area (Å²) in [6.45, 7) is 6.36. The van der Waals surface area contributed by atoms with Crippen LogP contribution >= 0.6 is 24.0 Å². The first-order valence-electron chi connectivity index (χ1n) is 7.34. The smallest absolute Gasteiger partial charge is 0.193 e. The minimum atomic E-state index is -0.652. The Balaban J connectivity index is 0.00000264. The Morgan fingerprint density at radius 2 is 1.74 bits per heavy atom. The summed E-state index contributed by atoms with van der Waals surface area (Å²) >= 11 is 0. The predicted molar refractivity (Wildman–Crippen MR) is 108 cm³/mol. The van der Waals surface area contributed by atoms with Crippen LogP contribution in [-0.2, 0) is 0 Å². The van der Waals surface area contributed by atoms with Gasteiger partial charge < -0.3 is 16.2 Å². The molecule has 2 aromatic rings. The molecule has 0 aliphatic rings. The normalized spacial score (nSPS) is 12.4. The van der Waals surface area contributed by atoms with Gasteiger partial charge in [0.25, 0.3) is 0 Å². The van der Waals surface area contributed by atoms with Gasteiger partial charge in [-0.3, -0.25) is 4.99 Å². The first-order chi connectivity index (χ1) is 10.5. The first kappa shape index (κ1) is 19.4. The maximum Gasteiger partial charge on any atom is 0.193 e. The van der Waals surface area contributed by atoms with Crippen LogP contribution in [0.3, 0.4) is 0 Å². The largest absolute Gasteiger partial charge is 0.386 e. The lowest BCUT2D eigenvalue weighted by molar-refractivity contribution is 0.187. The highest BCUT2D eigenvalue weighted by Gasteiger charge is 2.06. The molecule has 0 radical (unpaired) electrons. The van der Waals surface area contributed by atoms with Crippen LogP contribution in [-0.4, -0.2) is 17.6 Å². The average molecular weight is 425 g/mol. The summed E-state index contributed by atoms with van der Waals surface area (Å²) in [4.78, 5) is 4.20. The van der Waals surface area contributed by atoms with Gasteiger partial charge in [0.1, 0.15) is 0 Å². The molecule has 0 aromatic heterocycles. The van der Waals surface area contributed by atoms with Crippen LogP contribution in [0.2, 0.25) is 0 Å². The van der Waals surface area contributed by atoms with Crippen molar-refractivity contribution in [3.8, 4) is 0 Å². The Hall–Kier alpha value is -1.60. The van der Waals surface area contributed by atoms with Crippen LogP contribution in [0, 0.1) is 20.8 Å². The molecule has 1 unspecified atom stereocenters. The van der Waals surface area contributed by atoms with Crippen molar-refractivity contribution in [2.75, 3.05) is 11.9 Å². The molecule has 4 N–H and O–H groups in total.